The lowest BCUT2D eigenvalue weighted by molar-refractivity contribution is -0.123. The molecule has 3 heteroatoms. The molecule has 1 amide bonds. The number of ether oxygens (including phenoxy) is 1. The van der Waals surface area contributed by atoms with Crippen molar-refractivity contribution in [2.75, 3.05) is 6.61 Å². The maximum Gasteiger partial charge on any atom is 0.258 e. The van der Waals surface area contributed by atoms with Crippen LogP contribution in [0, 0.1) is 6.92 Å². The standard InChI is InChI=1S/C21H21NO2/c1-15-6-5-9-20(12-15)24-14-21(23)22-16(2)18-11-10-17-7-3-4-8-19(17)13-18/h3-13,16H,14H2,1-2H3,(H,22,23)/t16-/m1/s1. The first-order chi connectivity index (χ1) is 11.6. The Bertz CT molecular complexity index is 857. The third-order valence-corrected chi connectivity index (χ3v) is 4.01. The van der Waals surface area contributed by atoms with Crippen LogP contribution in [-0.4, -0.2) is 12.5 Å². The number of aryl methyl sites for hydroxylation is 1. The summed E-state index contributed by atoms with van der Waals surface area (Å²) in [5.74, 6) is 0.584. The van der Waals surface area contributed by atoms with Crippen molar-refractivity contribution >= 4 is 16.7 Å². The summed E-state index contributed by atoms with van der Waals surface area (Å²) in [5, 5.41) is 5.35. The maximum absolute atomic E-state index is 12.1. The van der Waals surface area contributed by atoms with E-state index in [0.29, 0.717) is 5.75 Å². The second-order valence-electron chi connectivity index (χ2n) is 6.00. The molecule has 3 nitrogen and oxygen atoms in total. The van der Waals surface area contributed by atoms with E-state index in [9.17, 15) is 4.79 Å². The third-order valence-electron chi connectivity index (χ3n) is 4.01. The molecular weight excluding hydrogens is 298 g/mol. The van der Waals surface area contributed by atoms with Gasteiger partial charge in [-0.25, -0.2) is 0 Å². The highest BCUT2D eigenvalue weighted by molar-refractivity contribution is 5.83. The molecule has 0 bridgehead atoms. The van der Waals surface area contributed by atoms with Gasteiger partial charge in [0.25, 0.3) is 5.91 Å². The summed E-state index contributed by atoms with van der Waals surface area (Å²) >= 11 is 0. The number of hydrogen-bond acceptors (Lipinski definition) is 2. The molecule has 0 saturated heterocycles. The highest BCUT2D eigenvalue weighted by Gasteiger charge is 2.10. The first-order valence-corrected chi connectivity index (χ1v) is 8.09. The van der Waals surface area contributed by atoms with Crippen LogP contribution in [0.2, 0.25) is 0 Å². The first kappa shape index (κ1) is 16.1. The lowest BCUT2D eigenvalue weighted by Gasteiger charge is -2.15. The summed E-state index contributed by atoms with van der Waals surface area (Å²) in [7, 11) is 0. The molecule has 0 aliphatic rings. The second kappa shape index (κ2) is 7.18. The molecule has 1 N–H and O–H groups in total. The zero-order chi connectivity index (χ0) is 16.9. The van der Waals surface area contributed by atoms with Gasteiger partial charge in [0, 0.05) is 0 Å². The number of fused-ring (bicyclic) bond motifs is 1. The fourth-order valence-corrected chi connectivity index (χ4v) is 2.70. The van der Waals surface area contributed by atoms with Gasteiger partial charge in [0.2, 0.25) is 0 Å². The van der Waals surface area contributed by atoms with Crippen LogP contribution < -0.4 is 10.1 Å². The smallest absolute Gasteiger partial charge is 0.258 e. The molecular formula is C21H21NO2. The Morgan fingerprint density at radius 3 is 2.58 bits per heavy atom. The minimum atomic E-state index is -0.128. The molecule has 3 rings (SSSR count). The Labute approximate surface area is 142 Å². The fraction of sp³-hybridized carbons (Fsp3) is 0.190. The topological polar surface area (TPSA) is 38.3 Å². The van der Waals surface area contributed by atoms with E-state index in [4.69, 9.17) is 4.74 Å². The first-order valence-electron chi connectivity index (χ1n) is 8.09. The largest absolute Gasteiger partial charge is 0.484 e. The van der Waals surface area contributed by atoms with Crippen LogP contribution in [0.15, 0.2) is 66.7 Å². The molecule has 0 fully saturated rings. The molecule has 1 atom stereocenters. The quantitative estimate of drug-likeness (QED) is 0.757. The molecule has 24 heavy (non-hydrogen) atoms. The Morgan fingerprint density at radius 2 is 1.79 bits per heavy atom. The minimum absolute atomic E-state index is 0.0153. The summed E-state index contributed by atoms with van der Waals surface area (Å²) in [4.78, 5) is 12.1. The van der Waals surface area contributed by atoms with Crippen molar-refractivity contribution in [2.45, 2.75) is 19.9 Å². The molecule has 0 aliphatic heterocycles. The number of benzene rings is 3. The van der Waals surface area contributed by atoms with Gasteiger partial charge in [0.1, 0.15) is 5.75 Å². The van der Waals surface area contributed by atoms with Gasteiger partial charge in [0.15, 0.2) is 6.61 Å². The predicted molar refractivity (Wildman–Crippen MR) is 97.2 cm³/mol. The van der Waals surface area contributed by atoms with Gasteiger partial charge in [0.05, 0.1) is 6.04 Å². The average Bonchev–Trinajstić information content (AvgIpc) is 2.59. The number of carbonyl (C=O) groups excluding carboxylic acids is 1. The fourth-order valence-electron chi connectivity index (χ4n) is 2.70. The molecule has 122 valence electrons. The van der Waals surface area contributed by atoms with E-state index in [1.165, 1.54) is 10.8 Å². The Kier molecular flexibility index (Phi) is 4.80. The van der Waals surface area contributed by atoms with Gasteiger partial charge in [-0.2, -0.15) is 0 Å². The van der Waals surface area contributed by atoms with Crippen LogP contribution in [0.5, 0.6) is 5.75 Å². The van der Waals surface area contributed by atoms with E-state index in [1.54, 1.807) is 0 Å². The van der Waals surface area contributed by atoms with Crippen LogP contribution in [0.1, 0.15) is 24.1 Å². The van der Waals surface area contributed by atoms with Gasteiger partial charge in [-0.05, 0) is 53.9 Å². The van der Waals surface area contributed by atoms with Crippen molar-refractivity contribution in [3.8, 4) is 5.75 Å². The molecule has 0 radical (unpaired) electrons. The maximum atomic E-state index is 12.1. The number of rotatable bonds is 5. The third kappa shape index (κ3) is 3.93. The van der Waals surface area contributed by atoms with Crippen molar-refractivity contribution in [1.29, 1.82) is 0 Å². The highest BCUT2D eigenvalue weighted by Crippen LogP contribution is 2.20. The van der Waals surface area contributed by atoms with Crippen molar-refractivity contribution in [2.24, 2.45) is 0 Å². The van der Waals surface area contributed by atoms with Gasteiger partial charge in [-0.3, -0.25) is 4.79 Å². The van der Waals surface area contributed by atoms with Gasteiger partial charge < -0.3 is 10.1 Å². The van der Waals surface area contributed by atoms with Crippen LogP contribution in [0.25, 0.3) is 10.8 Å². The van der Waals surface area contributed by atoms with E-state index >= 15 is 0 Å². The van der Waals surface area contributed by atoms with Crippen LogP contribution >= 0.6 is 0 Å². The van der Waals surface area contributed by atoms with Crippen molar-refractivity contribution in [3.05, 3.63) is 77.9 Å². The zero-order valence-corrected chi connectivity index (χ0v) is 14.0. The summed E-state index contributed by atoms with van der Waals surface area (Å²) in [5.41, 5.74) is 2.19. The van der Waals surface area contributed by atoms with E-state index < -0.39 is 0 Å². The molecule has 3 aromatic carbocycles. The van der Waals surface area contributed by atoms with Crippen molar-refractivity contribution in [3.63, 3.8) is 0 Å². The van der Waals surface area contributed by atoms with Crippen LogP contribution in [0.3, 0.4) is 0 Å². The zero-order valence-electron chi connectivity index (χ0n) is 14.0. The van der Waals surface area contributed by atoms with Crippen LogP contribution in [-0.2, 0) is 4.79 Å². The Morgan fingerprint density at radius 1 is 1.00 bits per heavy atom. The van der Waals surface area contributed by atoms with Gasteiger partial charge in [-0.1, -0.05) is 48.5 Å². The normalized spacial score (nSPS) is 11.9. The van der Waals surface area contributed by atoms with Gasteiger partial charge in [-0.15, -0.1) is 0 Å². The SMILES string of the molecule is Cc1cccc(OCC(=O)N[C@H](C)c2ccc3ccccc3c2)c1. The molecule has 0 heterocycles. The number of amides is 1. The summed E-state index contributed by atoms with van der Waals surface area (Å²) in [6.07, 6.45) is 0. The predicted octanol–water partition coefficient (Wildman–Crippen LogP) is 4.40. The van der Waals surface area contributed by atoms with Crippen molar-refractivity contribution < 1.29 is 9.53 Å². The molecule has 3 aromatic rings. The average molecular weight is 319 g/mol. The highest BCUT2D eigenvalue weighted by atomic mass is 16.5. The second-order valence-corrected chi connectivity index (χ2v) is 6.00. The Balaban J connectivity index is 1.60. The lowest BCUT2D eigenvalue weighted by Crippen LogP contribution is -2.31. The lowest BCUT2D eigenvalue weighted by atomic mass is 10.0. The Hall–Kier alpha value is -2.81. The monoisotopic (exact) mass is 319 g/mol. The van der Waals surface area contributed by atoms with Crippen molar-refractivity contribution in [1.82, 2.24) is 5.32 Å². The van der Waals surface area contributed by atoms with E-state index in [1.807, 2.05) is 50.2 Å². The number of carbonyl (C=O) groups is 1. The van der Waals surface area contributed by atoms with E-state index in [2.05, 4.69) is 35.6 Å². The molecule has 0 aliphatic carbocycles. The summed E-state index contributed by atoms with van der Waals surface area (Å²) < 4.78 is 5.54. The van der Waals surface area contributed by atoms with E-state index in [0.717, 1.165) is 11.1 Å². The van der Waals surface area contributed by atoms with E-state index in [-0.39, 0.29) is 18.6 Å². The molecule has 0 unspecified atom stereocenters. The number of nitrogens with one attached hydrogen (secondary N) is 1. The summed E-state index contributed by atoms with van der Waals surface area (Å²) in [6, 6.07) is 22.1. The number of hydrogen-bond donors (Lipinski definition) is 1. The molecule has 0 spiro atoms. The minimum Gasteiger partial charge on any atom is -0.484 e. The summed E-state index contributed by atoms with van der Waals surface area (Å²) in [6.45, 7) is 3.99. The molecule has 0 aromatic heterocycles. The van der Waals surface area contributed by atoms with Crippen LogP contribution in [0.4, 0.5) is 0 Å². The molecule has 0 saturated carbocycles. The van der Waals surface area contributed by atoms with Gasteiger partial charge >= 0.3 is 0 Å².